The quantitative estimate of drug-likeness (QED) is 0.859. The Morgan fingerprint density at radius 1 is 1.04 bits per heavy atom. The largest absolute Gasteiger partial charge is 0.326 e. The number of fused-ring (bicyclic) bond motifs is 1. The third-order valence-corrected chi connectivity index (χ3v) is 5.14. The Labute approximate surface area is 160 Å². The van der Waals surface area contributed by atoms with Crippen LogP contribution in [0.15, 0.2) is 42.5 Å². The van der Waals surface area contributed by atoms with E-state index >= 15 is 0 Å². The van der Waals surface area contributed by atoms with Crippen molar-refractivity contribution in [2.24, 2.45) is 5.92 Å². The van der Waals surface area contributed by atoms with Crippen molar-refractivity contribution in [3.05, 3.63) is 59.2 Å². The van der Waals surface area contributed by atoms with Gasteiger partial charge in [0.15, 0.2) is 0 Å². The van der Waals surface area contributed by atoms with Crippen LogP contribution in [0, 0.1) is 19.8 Å². The first kappa shape index (κ1) is 19.0. The van der Waals surface area contributed by atoms with Crippen LogP contribution in [0.5, 0.6) is 0 Å². The first-order chi connectivity index (χ1) is 12.9. The molecule has 0 spiro atoms. The molecule has 2 aromatic carbocycles. The number of carbonyl (C=O) groups is 2. The fourth-order valence-corrected chi connectivity index (χ4v) is 3.38. The molecule has 27 heavy (non-hydrogen) atoms. The van der Waals surface area contributed by atoms with E-state index in [1.54, 1.807) is 4.90 Å². The molecular weight excluding hydrogens is 338 g/mol. The van der Waals surface area contributed by atoms with E-state index in [0.717, 1.165) is 23.4 Å². The summed E-state index contributed by atoms with van der Waals surface area (Å²) in [5.41, 5.74) is 5.12. The van der Waals surface area contributed by atoms with Crippen LogP contribution in [0.3, 0.4) is 0 Å². The third-order valence-electron chi connectivity index (χ3n) is 5.14. The fraction of sp³-hybridized carbons (Fsp3) is 0.364. The Morgan fingerprint density at radius 2 is 1.78 bits per heavy atom. The molecule has 0 radical (unpaired) electrons. The first-order valence-electron chi connectivity index (χ1n) is 9.41. The summed E-state index contributed by atoms with van der Waals surface area (Å²) in [5, 5.41) is 5.70. The monoisotopic (exact) mass is 365 g/mol. The number of nitrogens with zero attached hydrogens (tertiary/aromatic N) is 1. The first-order valence-corrected chi connectivity index (χ1v) is 9.41. The number of hydrogen-bond acceptors (Lipinski definition) is 2. The molecule has 1 atom stereocenters. The topological polar surface area (TPSA) is 61.4 Å². The predicted octanol–water partition coefficient (Wildman–Crippen LogP) is 4.04. The fourth-order valence-electron chi connectivity index (χ4n) is 3.38. The maximum Gasteiger partial charge on any atom is 0.319 e. The zero-order chi connectivity index (χ0) is 19.6. The van der Waals surface area contributed by atoms with E-state index in [0.29, 0.717) is 6.54 Å². The molecule has 1 aliphatic heterocycles. The van der Waals surface area contributed by atoms with Crippen LogP contribution in [0.25, 0.3) is 0 Å². The number of carbonyl (C=O) groups excluding carboxylic acids is 2. The van der Waals surface area contributed by atoms with Gasteiger partial charge in [-0.2, -0.15) is 0 Å². The molecule has 3 amide bonds. The molecule has 1 heterocycles. The zero-order valence-corrected chi connectivity index (χ0v) is 16.4. The van der Waals surface area contributed by atoms with Crippen LogP contribution in [0.4, 0.5) is 16.2 Å². The lowest BCUT2D eigenvalue weighted by Crippen LogP contribution is -2.52. The number of para-hydroxylation sites is 1. The highest BCUT2D eigenvalue weighted by Crippen LogP contribution is 2.28. The van der Waals surface area contributed by atoms with Gasteiger partial charge in [-0.25, -0.2) is 4.79 Å². The normalized spacial score (nSPS) is 14.0. The maximum atomic E-state index is 13.1. The van der Waals surface area contributed by atoms with Crippen LogP contribution in [0.2, 0.25) is 0 Å². The number of urea groups is 1. The molecule has 0 saturated heterocycles. The summed E-state index contributed by atoms with van der Waals surface area (Å²) in [6, 6.07) is 12.8. The van der Waals surface area contributed by atoms with Crippen LogP contribution in [-0.4, -0.2) is 24.5 Å². The van der Waals surface area contributed by atoms with Crippen molar-refractivity contribution in [1.82, 2.24) is 5.32 Å². The van der Waals surface area contributed by atoms with Gasteiger partial charge in [-0.3, -0.25) is 4.79 Å². The highest BCUT2D eigenvalue weighted by atomic mass is 16.2. The van der Waals surface area contributed by atoms with Gasteiger partial charge in [-0.1, -0.05) is 38.1 Å². The molecular formula is C22H27N3O2. The van der Waals surface area contributed by atoms with Crippen molar-refractivity contribution in [2.75, 3.05) is 16.8 Å². The van der Waals surface area contributed by atoms with Gasteiger partial charge in [0, 0.05) is 17.9 Å². The van der Waals surface area contributed by atoms with Gasteiger partial charge >= 0.3 is 6.03 Å². The summed E-state index contributed by atoms with van der Waals surface area (Å²) in [6.07, 6.45) is 0.849. The molecule has 0 saturated carbocycles. The Kier molecular flexibility index (Phi) is 5.49. The Morgan fingerprint density at radius 3 is 2.48 bits per heavy atom. The van der Waals surface area contributed by atoms with Gasteiger partial charge < -0.3 is 15.5 Å². The second-order valence-electron chi connectivity index (χ2n) is 7.49. The van der Waals surface area contributed by atoms with Crippen molar-refractivity contribution >= 4 is 23.3 Å². The van der Waals surface area contributed by atoms with Crippen LogP contribution >= 0.6 is 0 Å². The minimum atomic E-state index is -0.581. The standard InChI is InChI=1S/C22H27N3O2/c1-14(2)20(21(26)25-12-11-17-7-5-6-8-19(17)25)24-22(27)23-18-10-9-15(3)16(4)13-18/h5-10,13-14,20H,11-12H2,1-4H3,(H2,23,24,27)/t20-/m1/s1. The van der Waals surface area contributed by atoms with Gasteiger partial charge in [0.2, 0.25) is 5.91 Å². The zero-order valence-electron chi connectivity index (χ0n) is 16.4. The lowest BCUT2D eigenvalue weighted by atomic mass is 10.0. The van der Waals surface area contributed by atoms with E-state index in [1.165, 1.54) is 11.1 Å². The molecule has 2 N–H and O–H groups in total. The second kappa shape index (κ2) is 7.82. The minimum Gasteiger partial charge on any atom is -0.326 e. The van der Waals surface area contributed by atoms with E-state index in [-0.39, 0.29) is 17.9 Å². The van der Waals surface area contributed by atoms with Gasteiger partial charge in [0.05, 0.1) is 0 Å². The molecule has 0 aliphatic carbocycles. The van der Waals surface area contributed by atoms with Crippen molar-refractivity contribution in [3.8, 4) is 0 Å². The molecule has 0 aromatic heterocycles. The predicted molar refractivity (Wildman–Crippen MR) is 109 cm³/mol. The molecule has 0 bridgehead atoms. The number of benzene rings is 2. The highest BCUT2D eigenvalue weighted by Gasteiger charge is 2.32. The van der Waals surface area contributed by atoms with Crippen LogP contribution in [-0.2, 0) is 11.2 Å². The molecule has 2 aromatic rings. The molecule has 0 unspecified atom stereocenters. The Hall–Kier alpha value is -2.82. The summed E-state index contributed by atoms with van der Waals surface area (Å²) < 4.78 is 0. The number of aryl methyl sites for hydroxylation is 2. The van der Waals surface area contributed by atoms with Crippen molar-refractivity contribution in [1.29, 1.82) is 0 Å². The van der Waals surface area contributed by atoms with Crippen LogP contribution in [0.1, 0.15) is 30.5 Å². The third kappa shape index (κ3) is 4.13. The average Bonchev–Trinajstić information content (AvgIpc) is 3.06. The molecule has 5 heteroatoms. The van der Waals surface area contributed by atoms with Gasteiger partial charge in [0.25, 0.3) is 0 Å². The Balaban J connectivity index is 1.71. The number of hydrogen-bond donors (Lipinski definition) is 2. The maximum absolute atomic E-state index is 13.1. The lowest BCUT2D eigenvalue weighted by Gasteiger charge is -2.27. The van der Waals surface area contributed by atoms with E-state index in [2.05, 4.69) is 10.6 Å². The highest BCUT2D eigenvalue weighted by molar-refractivity contribution is 6.02. The Bertz CT molecular complexity index is 860. The summed E-state index contributed by atoms with van der Waals surface area (Å²) in [5.74, 6) is -0.0825. The lowest BCUT2D eigenvalue weighted by molar-refractivity contribution is -0.121. The van der Waals surface area contributed by atoms with Crippen LogP contribution < -0.4 is 15.5 Å². The molecule has 0 fully saturated rings. The smallest absolute Gasteiger partial charge is 0.319 e. The SMILES string of the molecule is Cc1ccc(NC(=O)N[C@@H](C(=O)N2CCc3ccccc32)C(C)C)cc1C. The summed E-state index contributed by atoms with van der Waals surface area (Å²) in [6.45, 7) is 8.58. The minimum absolute atomic E-state index is 0.0178. The van der Waals surface area contributed by atoms with E-state index in [1.807, 2.05) is 70.2 Å². The number of anilines is 2. The second-order valence-corrected chi connectivity index (χ2v) is 7.49. The van der Waals surface area contributed by atoms with E-state index in [4.69, 9.17) is 0 Å². The number of rotatable bonds is 4. The number of amides is 3. The molecule has 142 valence electrons. The molecule has 1 aliphatic rings. The molecule has 5 nitrogen and oxygen atoms in total. The van der Waals surface area contributed by atoms with Crippen molar-refractivity contribution in [2.45, 2.75) is 40.2 Å². The number of nitrogens with one attached hydrogen (secondary N) is 2. The van der Waals surface area contributed by atoms with E-state index < -0.39 is 6.04 Å². The van der Waals surface area contributed by atoms with Crippen molar-refractivity contribution in [3.63, 3.8) is 0 Å². The van der Waals surface area contributed by atoms with Crippen molar-refractivity contribution < 1.29 is 9.59 Å². The van der Waals surface area contributed by atoms with E-state index in [9.17, 15) is 9.59 Å². The summed E-state index contributed by atoms with van der Waals surface area (Å²) in [4.78, 5) is 27.4. The summed E-state index contributed by atoms with van der Waals surface area (Å²) in [7, 11) is 0. The average molecular weight is 365 g/mol. The van der Waals surface area contributed by atoms with Gasteiger partial charge in [0.1, 0.15) is 6.04 Å². The summed E-state index contributed by atoms with van der Waals surface area (Å²) >= 11 is 0. The molecule has 3 rings (SSSR count). The van der Waals surface area contributed by atoms with Gasteiger partial charge in [-0.15, -0.1) is 0 Å². The van der Waals surface area contributed by atoms with Gasteiger partial charge in [-0.05, 0) is 61.1 Å².